The van der Waals surface area contributed by atoms with Gasteiger partial charge in [0.25, 0.3) is 5.91 Å². The van der Waals surface area contributed by atoms with Gasteiger partial charge in [0, 0.05) is 32.3 Å². The van der Waals surface area contributed by atoms with Crippen molar-refractivity contribution >= 4 is 17.2 Å². The summed E-state index contributed by atoms with van der Waals surface area (Å²) in [7, 11) is 3.48. The van der Waals surface area contributed by atoms with E-state index in [-0.39, 0.29) is 33.9 Å². The Hall–Kier alpha value is -3.22. The second-order valence-electron chi connectivity index (χ2n) is 9.65. The lowest BCUT2D eigenvalue weighted by Crippen LogP contribution is -2.63. The SMILES string of the molecule is CCN(C(=O)c1[nH]cc(-c2nnc(Cc3ccc(F)cc3F)s2)c(=O)c1O)C1(NC)CCC(C)(OC)CC1. The maximum atomic E-state index is 14.0. The normalized spacial score (nSPS) is 21.4. The number of rotatable bonds is 8. The Kier molecular flexibility index (Phi) is 7.96. The summed E-state index contributed by atoms with van der Waals surface area (Å²) < 4.78 is 32.9. The fraction of sp³-hybridized carbons (Fsp3) is 0.462. The molecule has 4 rings (SSSR count). The van der Waals surface area contributed by atoms with Gasteiger partial charge in [0.05, 0.1) is 16.8 Å². The number of aromatic hydroxyl groups is 1. The number of H-pyrrole nitrogens is 1. The Labute approximate surface area is 222 Å². The highest BCUT2D eigenvalue weighted by Gasteiger charge is 2.45. The summed E-state index contributed by atoms with van der Waals surface area (Å²) in [5.41, 5.74) is -1.65. The predicted octanol–water partition coefficient (Wildman–Crippen LogP) is 3.82. The first kappa shape index (κ1) is 27.8. The van der Waals surface area contributed by atoms with Crippen molar-refractivity contribution in [1.29, 1.82) is 0 Å². The minimum atomic E-state index is -0.770. The average molecular weight is 548 g/mol. The molecular formula is C26H31F2N5O4S. The number of halogens is 2. The van der Waals surface area contributed by atoms with Gasteiger partial charge in [-0.2, -0.15) is 0 Å². The highest BCUT2D eigenvalue weighted by Crippen LogP contribution is 2.39. The maximum Gasteiger partial charge on any atom is 0.275 e. The number of aromatic nitrogens is 3. The molecule has 0 aliphatic heterocycles. The number of benzene rings is 1. The summed E-state index contributed by atoms with van der Waals surface area (Å²) in [6.45, 7) is 4.24. The van der Waals surface area contributed by atoms with Crippen molar-refractivity contribution in [2.45, 2.75) is 57.2 Å². The van der Waals surface area contributed by atoms with Crippen LogP contribution in [0.4, 0.5) is 8.78 Å². The van der Waals surface area contributed by atoms with Crippen LogP contribution >= 0.6 is 11.3 Å². The molecule has 38 heavy (non-hydrogen) atoms. The highest BCUT2D eigenvalue weighted by atomic mass is 32.1. The van der Waals surface area contributed by atoms with E-state index in [4.69, 9.17) is 4.74 Å². The molecule has 0 atom stereocenters. The van der Waals surface area contributed by atoms with Crippen LogP contribution in [0.5, 0.6) is 5.75 Å². The number of ether oxygens (including phenoxy) is 1. The smallest absolute Gasteiger partial charge is 0.275 e. The van der Waals surface area contributed by atoms with Gasteiger partial charge in [-0.15, -0.1) is 10.2 Å². The van der Waals surface area contributed by atoms with E-state index in [0.717, 1.165) is 36.3 Å². The van der Waals surface area contributed by atoms with E-state index in [1.807, 2.05) is 13.8 Å². The van der Waals surface area contributed by atoms with Crippen LogP contribution in [0.25, 0.3) is 10.6 Å². The number of pyridine rings is 1. The van der Waals surface area contributed by atoms with Gasteiger partial charge in [0.15, 0.2) is 16.5 Å². The van der Waals surface area contributed by atoms with Crippen LogP contribution in [-0.2, 0) is 11.2 Å². The molecule has 2 aromatic heterocycles. The van der Waals surface area contributed by atoms with Crippen molar-refractivity contribution in [3.05, 3.63) is 62.5 Å². The van der Waals surface area contributed by atoms with E-state index in [2.05, 4.69) is 20.5 Å². The Morgan fingerprint density at radius 3 is 2.58 bits per heavy atom. The number of hydrogen-bond donors (Lipinski definition) is 3. The van der Waals surface area contributed by atoms with Gasteiger partial charge in [-0.05, 0) is 58.2 Å². The van der Waals surface area contributed by atoms with Crippen LogP contribution in [-0.4, -0.2) is 63.1 Å². The van der Waals surface area contributed by atoms with E-state index in [0.29, 0.717) is 24.4 Å². The van der Waals surface area contributed by atoms with Crippen LogP contribution in [0.15, 0.2) is 29.2 Å². The van der Waals surface area contributed by atoms with Gasteiger partial charge in [0.1, 0.15) is 16.6 Å². The molecule has 0 spiro atoms. The largest absolute Gasteiger partial charge is 0.503 e. The lowest BCUT2D eigenvalue weighted by molar-refractivity contribution is -0.0699. The molecule has 1 aliphatic carbocycles. The van der Waals surface area contributed by atoms with Gasteiger partial charge in [-0.3, -0.25) is 14.9 Å². The molecule has 204 valence electrons. The summed E-state index contributed by atoms with van der Waals surface area (Å²) >= 11 is 1.04. The number of carbonyl (C=O) groups excluding carboxylic acids is 1. The second-order valence-corrected chi connectivity index (χ2v) is 10.7. The lowest BCUT2D eigenvalue weighted by atomic mass is 9.78. The third kappa shape index (κ3) is 5.20. The van der Waals surface area contributed by atoms with Gasteiger partial charge in [-0.1, -0.05) is 17.4 Å². The zero-order chi connectivity index (χ0) is 27.7. The fourth-order valence-electron chi connectivity index (χ4n) is 4.93. The Morgan fingerprint density at radius 1 is 1.26 bits per heavy atom. The first-order valence-electron chi connectivity index (χ1n) is 12.3. The maximum absolute atomic E-state index is 14.0. The van der Waals surface area contributed by atoms with E-state index in [1.165, 1.54) is 12.3 Å². The third-order valence-corrected chi connectivity index (χ3v) is 8.45. The monoisotopic (exact) mass is 547 g/mol. The summed E-state index contributed by atoms with van der Waals surface area (Å²) in [6.07, 6.45) is 4.12. The Balaban J connectivity index is 1.59. The summed E-state index contributed by atoms with van der Waals surface area (Å²) in [5.74, 6) is -2.60. The second kappa shape index (κ2) is 10.9. The molecule has 0 radical (unpaired) electrons. The van der Waals surface area contributed by atoms with Gasteiger partial charge in [-0.25, -0.2) is 8.78 Å². The molecule has 3 aromatic rings. The van der Waals surface area contributed by atoms with Gasteiger partial charge < -0.3 is 19.7 Å². The standard InChI is InChI=1S/C26H31F2N5O4S/c1-5-33(26(29-3)10-8-25(2,37-4)9-11-26)24(36)20-22(35)21(34)17(14-30-20)23-32-31-19(38-23)12-15-6-7-16(27)13-18(15)28/h6-7,13-14,29,35H,5,8-12H2,1-4H3,(H,30,34). The molecule has 1 saturated carbocycles. The molecular weight excluding hydrogens is 516 g/mol. The van der Waals surface area contributed by atoms with Crippen LogP contribution in [0, 0.1) is 11.6 Å². The number of nitrogens with one attached hydrogen (secondary N) is 2. The molecule has 3 N–H and O–H groups in total. The molecule has 1 aliphatic rings. The molecule has 1 amide bonds. The lowest BCUT2D eigenvalue weighted by Gasteiger charge is -2.50. The van der Waals surface area contributed by atoms with Crippen molar-refractivity contribution in [2.75, 3.05) is 20.7 Å². The topological polar surface area (TPSA) is 120 Å². The quantitative estimate of drug-likeness (QED) is 0.367. The summed E-state index contributed by atoms with van der Waals surface area (Å²) in [4.78, 5) is 31.1. The number of amides is 1. The van der Waals surface area contributed by atoms with Crippen molar-refractivity contribution in [1.82, 2.24) is 25.4 Å². The van der Waals surface area contributed by atoms with Crippen molar-refractivity contribution < 1.29 is 23.4 Å². The number of nitrogens with zero attached hydrogens (tertiary/aromatic N) is 3. The molecule has 9 nitrogen and oxygen atoms in total. The minimum Gasteiger partial charge on any atom is -0.503 e. The van der Waals surface area contributed by atoms with Crippen LogP contribution in [0.3, 0.4) is 0 Å². The fourth-order valence-corrected chi connectivity index (χ4v) is 5.81. The number of hydrogen-bond acceptors (Lipinski definition) is 8. The Bertz CT molecular complexity index is 1380. The molecule has 1 fully saturated rings. The zero-order valence-electron chi connectivity index (χ0n) is 21.7. The van der Waals surface area contributed by atoms with E-state index >= 15 is 0 Å². The van der Waals surface area contributed by atoms with Crippen molar-refractivity contribution in [3.8, 4) is 16.3 Å². The molecule has 0 unspecified atom stereocenters. The van der Waals surface area contributed by atoms with E-state index in [1.54, 1.807) is 19.1 Å². The minimum absolute atomic E-state index is 0.0299. The molecule has 1 aromatic carbocycles. The van der Waals surface area contributed by atoms with Crippen LogP contribution in [0.1, 0.15) is 60.6 Å². The Morgan fingerprint density at radius 2 is 1.97 bits per heavy atom. The summed E-state index contributed by atoms with van der Waals surface area (Å²) in [6, 6.07) is 3.27. The zero-order valence-corrected chi connectivity index (χ0v) is 22.5. The van der Waals surface area contributed by atoms with Crippen molar-refractivity contribution in [2.24, 2.45) is 0 Å². The van der Waals surface area contributed by atoms with Crippen molar-refractivity contribution in [3.63, 3.8) is 0 Å². The third-order valence-electron chi connectivity index (χ3n) is 7.50. The van der Waals surface area contributed by atoms with Crippen LogP contribution in [0.2, 0.25) is 0 Å². The summed E-state index contributed by atoms with van der Waals surface area (Å²) in [5, 5.41) is 22.7. The molecule has 0 bridgehead atoms. The number of aromatic amines is 1. The van der Waals surface area contributed by atoms with Crippen LogP contribution < -0.4 is 10.7 Å². The number of methoxy groups -OCH3 is 1. The molecule has 2 heterocycles. The van der Waals surface area contributed by atoms with Gasteiger partial charge in [0.2, 0.25) is 5.43 Å². The predicted molar refractivity (Wildman–Crippen MR) is 139 cm³/mol. The van der Waals surface area contributed by atoms with E-state index < -0.39 is 34.4 Å². The first-order chi connectivity index (χ1) is 18.1. The first-order valence-corrected chi connectivity index (χ1v) is 13.2. The highest BCUT2D eigenvalue weighted by molar-refractivity contribution is 7.14. The number of carbonyl (C=O) groups is 1. The molecule has 0 saturated heterocycles. The average Bonchev–Trinajstić information content (AvgIpc) is 3.37. The molecule has 12 heteroatoms. The van der Waals surface area contributed by atoms with Gasteiger partial charge >= 0.3 is 0 Å². The van der Waals surface area contributed by atoms with E-state index in [9.17, 15) is 23.5 Å².